The Labute approximate surface area is 124 Å². The molecule has 4 nitrogen and oxygen atoms in total. The monoisotopic (exact) mass is 283 g/mol. The van der Waals surface area contributed by atoms with Crippen molar-refractivity contribution in [2.45, 2.75) is 19.2 Å². The zero-order chi connectivity index (χ0) is 14.7. The zero-order valence-corrected chi connectivity index (χ0v) is 11.7. The molecule has 1 atom stereocenters. The average Bonchev–Trinajstić information content (AvgIpc) is 2.88. The van der Waals surface area contributed by atoms with Gasteiger partial charge in [0, 0.05) is 13.1 Å². The van der Waals surface area contributed by atoms with Crippen LogP contribution in [-0.4, -0.2) is 29.3 Å². The van der Waals surface area contributed by atoms with Gasteiger partial charge in [-0.15, -0.1) is 6.42 Å². The Kier molecular flexibility index (Phi) is 3.96. The fourth-order valence-electron chi connectivity index (χ4n) is 2.57. The van der Waals surface area contributed by atoms with Crippen LogP contribution in [0.4, 0.5) is 0 Å². The summed E-state index contributed by atoms with van der Waals surface area (Å²) in [6.45, 7) is 2.58. The lowest BCUT2D eigenvalue weighted by Gasteiger charge is -2.22. The van der Waals surface area contributed by atoms with Crippen molar-refractivity contribution in [3.8, 4) is 12.3 Å². The molecule has 0 fully saturated rings. The first kappa shape index (κ1) is 13.7. The van der Waals surface area contributed by atoms with Crippen molar-refractivity contribution in [2.75, 3.05) is 13.2 Å². The van der Waals surface area contributed by atoms with Crippen molar-refractivity contribution in [1.82, 2.24) is 4.90 Å². The van der Waals surface area contributed by atoms with Gasteiger partial charge < -0.3 is 14.6 Å². The lowest BCUT2D eigenvalue weighted by atomic mass is 10.1. The summed E-state index contributed by atoms with van der Waals surface area (Å²) in [6, 6.07) is 8.40. The number of hydrogen-bond acceptors (Lipinski definition) is 4. The molecule has 3 rings (SSSR count). The third kappa shape index (κ3) is 3.10. The molecule has 0 aliphatic carbocycles. The van der Waals surface area contributed by atoms with Crippen molar-refractivity contribution in [1.29, 1.82) is 0 Å². The summed E-state index contributed by atoms with van der Waals surface area (Å²) in [5, 5.41) is 9.98. The fraction of sp³-hybridized carbons (Fsp3) is 0.294. The smallest absolute Gasteiger partial charge is 0.165 e. The lowest BCUT2D eigenvalue weighted by Crippen LogP contribution is -2.24. The molecular weight excluding hydrogens is 266 g/mol. The molecule has 21 heavy (non-hydrogen) atoms. The molecule has 108 valence electrons. The molecule has 2 aliphatic rings. The summed E-state index contributed by atoms with van der Waals surface area (Å²) in [6.07, 6.45) is 7.42. The van der Waals surface area contributed by atoms with Crippen molar-refractivity contribution in [2.24, 2.45) is 0 Å². The van der Waals surface area contributed by atoms with Gasteiger partial charge in [-0.1, -0.05) is 30.2 Å². The summed E-state index contributed by atoms with van der Waals surface area (Å²) >= 11 is 0. The molecule has 0 aromatic heterocycles. The topological polar surface area (TPSA) is 41.9 Å². The first-order valence-corrected chi connectivity index (χ1v) is 6.87. The Hall–Kier alpha value is -2.22. The minimum atomic E-state index is -0.799. The van der Waals surface area contributed by atoms with E-state index in [1.165, 1.54) is 17.4 Å². The van der Waals surface area contributed by atoms with Crippen LogP contribution < -0.4 is 0 Å². The van der Waals surface area contributed by atoms with Crippen molar-refractivity contribution in [3.63, 3.8) is 0 Å². The van der Waals surface area contributed by atoms with Crippen LogP contribution in [0.25, 0.3) is 0 Å². The normalized spacial score (nSPS) is 20.9. The largest absolute Gasteiger partial charge is 0.479 e. The standard InChI is InChI=1S/C17H17NO3/c1-2-7-20-17-12-21-15(8-16(17)19)11-18-9-13-5-3-4-6-14(13)10-18/h1,3-6,8,12,16,19H,7,9-11H2. The number of nitrogens with zero attached hydrogens (tertiary/aromatic N) is 1. The molecule has 0 amide bonds. The summed E-state index contributed by atoms with van der Waals surface area (Å²) in [4.78, 5) is 2.27. The Morgan fingerprint density at radius 2 is 2.05 bits per heavy atom. The van der Waals surface area contributed by atoms with Crippen molar-refractivity contribution < 1.29 is 14.6 Å². The quantitative estimate of drug-likeness (QED) is 0.855. The van der Waals surface area contributed by atoms with Crippen molar-refractivity contribution in [3.05, 3.63) is 59.2 Å². The molecule has 1 N–H and O–H groups in total. The molecular formula is C17H17NO3. The van der Waals surface area contributed by atoms with Crippen LogP contribution in [0.15, 0.2) is 48.1 Å². The molecule has 0 radical (unpaired) electrons. The highest BCUT2D eigenvalue weighted by molar-refractivity contribution is 5.30. The van der Waals surface area contributed by atoms with Gasteiger partial charge in [-0.25, -0.2) is 0 Å². The van der Waals surface area contributed by atoms with Crippen LogP contribution in [0.2, 0.25) is 0 Å². The molecule has 0 saturated heterocycles. The first-order chi connectivity index (χ1) is 10.3. The Morgan fingerprint density at radius 1 is 1.33 bits per heavy atom. The summed E-state index contributed by atoms with van der Waals surface area (Å²) in [5.41, 5.74) is 2.70. The highest BCUT2D eigenvalue weighted by Gasteiger charge is 2.23. The zero-order valence-electron chi connectivity index (χ0n) is 11.7. The molecule has 1 unspecified atom stereocenters. The molecule has 2 aliphatic heterocycles. The van der Waals surface area contributed by atoms with Crippen LogP contribution in [0.1, 0.15) is 11.1 Å². The van der Waals surface area contributed by atoms with Crippen LogP contribution in [0, 0.1) is 12.3 Å². The SMILES string of the molecule is C#CCOC1=COC(CN2Cc3ccccc3C2)=CC1O. The second-order valence-electron chi connectivity index (χ2n) is 5.12. The lowest BCUT2D eigenvalue weighted by molar-refractivity contribution is 0.113. The van der Waals surface area contributed by atoms with Crippen LogP contribution in [0.3, 0.4) is 0 Å². The van der Waals surface area contributed by atoms with E-state index in [0.29, 0.717) is 12.3 Å². The summed E-state index contributed by atoms with van der Waals surface area (Å²) < 4.78 is 10.7. The number of rotatable bonds is 4. The number of ether oxygens (including phenoxy) is 2. The first-order valence-electron chi connectivity index (χ1n) is 6.87. The Balaban J connectivity index is 1.58. The molecule has 1 aromatic rings. The maximum atomic E-state index is 9.98. The number of hydrogen-bond donors (Lipinski definition) is 1. The van der Waals surface area contributed by atoms with E-state index >= 15 is 0 Å². The molecule has 0 spiro atoms. The predicted octanol–water partition coefficient (Wildman–Crippen LogP) is 1.77. The van der Waals surface area contributed by atoms with Gasteiger partial charge in [-0.2, -0.15) is 0 Å². The summed E-state index contributed by atoms with van der Waals surface area (Å²) in [5.74, 6) is 3.43. The van der Waals surface area contributed by atoms with Crippen molar-refractivity contribution >= 4 is 0 Å². The van der Waals surface area contributed by atoms with E-state index in [1.54, 1.807) is 6.08 Å². The third-order valence-corrected chi connectivity index (χ3v) is 3.57. The highest BCUT2D eigenvalue weighted by Crippen LogP contribution is 2.24. The second-order valence-corrected chi connectivity index (χ2v) is 5.12. The predicted molar refractivity (Wildman–Crippen MR) is 78.6 cm³/mol. The van der Waals surface area contributed by atoms with Gasteiger partial charge in [-0.05, 0) is 17.2 Å². The van der Waals surface area contributed by atoms with E-state index in [2.05, 4.69) is 35.1 Å². The fourth-order valence-corrected chi connectivity index (χ4v) is 2.57. The van der Waals surface area contributed by atoms with Gasteiger partial charge in [0.15, 0.2) is 5.76 Å². The molecule has 0 saturated carbocycles. The highest BCUT2D eigenvalue weighted by atomic mass is 16.5. The number of benzene rings is 1. The number of aliphatic hydroxyl groups is 1. The Morgan fingerprint density at radius 3 is 2.67 bits per heavy atom. The summed E-state index contributed by atoms with van der Waals surface area (Å²) in [7, 11) is 0. The second kappa shape index (κ2) is 6.04. The maximum Gasteiger partial charge on any atom is 0.165 e. The van der Waals surface area contributed by atoms with E-state index in [-0.39, 0.29) is 6.61 Å². The molecule has 2 heterocycles. The molecule has 1 aromatic carbocycles. The van der Waals surface area contributed by atoms with E-state index in [0.717, 1.165) is 18.8 Å². The minimum absolute atomic E-state index is 0.122. The van der Waals surface area contributed by atoms with E-state index in [4.69, 9.17) is 15.9 Å². The number of fused-ring (bicyclic) bond motifs is 1. The maximum absolute atomic E-state index is 9.98. The van der Waals surface area contributed by atoms with E-state index in [9.17, 15) is 5.11 Å². The number of terminal acetylenes is 1. The van der Waals surface area contributed by atoms with E-state index < -0.39 is 6.10 Å². The van der Waals surface area contributed by atoms with Gasteiger partial charge in [0.1, 0.15) is 24.7 Å². The van der Waals surface area contributed by atoms with Gasteiger partial charge in [0.2, 0.25) is 0 Å². The van der Waals surface area contributed by atoms with Crippen LogP contribution in [-0.2, 0) is 22.6 Å². The third-order valence-electron chi connectivity index (χ3n) is 3.57. The van der Waals surface area contributed by atoms with Crippen LogP contribution >= 0.6 is 0 Å². The minimum Gasteiger partial charge on any atom is -0.479 e. The number of aliphatic hydroxyl groups excluding tert-OH is 1. The van der Waals surface area contributed by atoms with Gasteiger partial charge in [0.05, 0.1) is 6.54 Å². The van der Waals surface area contributed by atoms with Gasteiger partial charge in [0.25, 0.3) is 0 Å². The van der Waals surface area contributed by atoms with Gasteiger partial charge in [-0.3, -0.25) is 4.90 Å². The molecule has 4 heteroatoms. The molecule has 0 bridgehead atoms. The van der Waals surface area contributed by atoms with Crippen LogP contribution in [0.5, 0.6) is 0 Å². The Bertz CT molecular complexity index is 602. The van der Waals surface area contributed by atoms with Gasteiger partial charge >= 0.3 is 0 Å². The average molecular weight is 283 g/mol. The van der Waals surface area contributed by atoms with E-state index in [1.807, 2.05) is 0 Å².